The van der Waals surface area contributed by atoms with Gasteiger partial charge in [0.2, 0.25) is 17.6 Å². The van der Waals surface area contributed by atoms with Crippen molar-refractivity contribution in [1.82, 2.24) is 9.80 Å². The molecule has 0 radical (unpaired) electrons. The molecule has 0 spiro atoms. The first-order valence-corrected chi connectivity index (χ1v) is 26.9. The molecule has 4 aliphatic heterocycles. The number of fused-ring (bicyclic) bond motifs is 6. The van der Waals surface area contributed by atoms with Crippen molar-refractivity contribution in [2.45, 2.75) is 227 Å². The highest BCUT2D eigenvalue weighted by atomic mass is 16.3. The van der Waals surface area contributed by atoms with E-state index in [1.165, 1.54) is 25.7 Å². The summed E-state index contributed by atoms with van der Waals surface area (Å²) in [5.74, 6) is -0.486. The van der Waals surface area contributed by atoms with Crippen molar-refractivity contribution in [1.29, 1.82) is 0 Å². The maximum atomic E-state index is 13.7. The van der Waals surface area contributed by atoms with Crippen LogP contribution in [0.3, 0.4) is 0 Å². The van der Waals surface area contributed by atoms with Gasteiger partial charge in [-0.3, -0.25) is 33.6 Å². The predicted octanol–water partition coefficient (Wildman–Crippen LogP) is 10.6. The van der Waals surface area contributed by atoms with Crippen LogP contribution in [0.1, 0.15) is 209 Å². The van der Waals surface area contributed by atoms with E-state index in [1.54, 1.807) is 6.08 Å². The molecule has 0 aromatic carbocycles. The molecule has 10 heteroatoms. The highest BCUT2D eigenvalue weighted by Crippen LogP contribution is 2.66. The van der Waals surface area contributed by atoms with Gasteiger partial charge >= 0.3 is 0 Å². The van der Waals surface area contributed by atoms with E-state index in [-0.39, 0.29) is 107 Å². The van der Waals surface area contributed by atoms with Gasteiger partial charge in [0.1, 0.15) is 6.10 Å². The fraction of sp³-hybridized carbons (Fsp3) is 0.839. The molecule has 4 saturated heterocycles. The minimum Gasteiger partial charge on any atom is -0.385 e. The zero-order valence-corrected chi connectivity index (χ0v) is 42.4. The third-order valence-electron chi connectivity index (χ3n) is 17.6. The molecule has 2 amide bonds. The molecule has 2 saturated carbocycles. The van der Waals surface area contributed by atoms with Gasteiger partial charge in [0.15, 0.2) is 23.1 Å². The summed E-state index contributed by atoms with van der Waals surface area (Å²) in [6, 6.07) is -0.820. The van der Waals surface area contributed by atoms with E-state index in [2.05, 4.69) is 34.3 Å². The Morgan fingerprint density at radius 2 is 1.08 bits per heavy atom. The lowest BCUT2D eigenvalue weighted by Gasteiger charge is -2.33. The number of hydrogen-bond acceptors (Lipinski definition) is 8. The molecular formula is C56H90N2O8. The molecule has 6 rings (SSSR count). The molecule has 1 N–H and O–H groups in total. The third-order valence-corrected chi connectivity index (χ3v) is 17.6. The van der Waals surface area contributed by atoms with Gasteiger partial charge in [0, 0.05) is 56.5 Å². The highest BCUT2D eigenvalue weighted by Gasteiger charge is 2.70. The summed E-state index contributed by atoms with van der Waals surface area (Å²) < 4.78 is 0. The van der Waals surface area contributed by atoms with Gasteiger partial charge in [-0.25, -0.2) is 0 Å². The van der Waals surface area contributed by atoms with Crippen molar-refractivity contribution in [3.05, 3.63) is 12.7 Å². The second-order valence-corrected chi connectivity index (χ2v) is 23.1. The summed E-state index contributed by atoms with van der Waals surface area (Å²) in [6.07, 6.45) is 21.9. The number of carbonyl (C=O) groups is 7. The Balaban J connectivity index is 0.000000247. The average molecular weight is 919 g/mol. The van der Waals surface area contributed by atoms with Gasteiger partial charge in [0.25, 0.3) is 0 Å². The Kier molecular flexibility index (Phi) is 20.0. The molecule has 6 aliphatic rings. The number of aliphatic hydroxyl groups excluding tert-OH is 1. The minimum absolute atomic E-state index is 0.00219. The van der Waals surface area contributed by atoms with Crippen LogP contribution in [0.25, 0.3) is 0 Å². The molecule has 4 heterocycles. The van der Waals surface area contributed by atoms with E-state index in [9.17, 15) is 38.7 Å². The van der Waals surface area contributed by atoms with Crippen LogP contribution < -0.4 is 0 Å². The maximum absolute atomic E-state index is 13.7. The van der Waals surface area contributed by atoms with E-state index in [4.69, 9.17) is 0 Å². The lowest BCUT2D eigenvalue weighted by Crippen LogP contribution is -2.48. The molecule has 2 aliphatic carbocycles. The molecule has 0 aromatic rings. The van der Waals surface area contributed by atoms with Crippen LogP contribution in [0.5, 0.6) is 0 Å². The number of Topliss-reactive ketones (excluding diaryl/α,β-unsaturated/α-hetero) is 5. The number of rotatable bonds is 10. The average Bonchev–Trinajstić information content (AvgIpc) is 3.74. The van der Waals surface area contributed by atoms with Crippen molar-refractivity contribution in [2.75, 3.05) is 13.1 Å². The van der Waals surface area contributed by atoms with Crippen LogP contribution in [0.15, 0.2) is 12.7 Å². The smallest absolute Gasteiger partial charge is 0.226 e. The molecule has 66 heavy (non-hydrogen) atoms. The summed E-state index contributed by atoms with van der Waals surface area (Å²) in [7, 11) is 0. The molecule has 372 valence electrons. The van der Waals surface area contributed by atoms with Crippen molar-refractivity contribution >= 4 is 40.7 Å². The number of aliphatic hydroxyl groups is 1. The summed E-state index contributed by atoms with van der Waals surface area (Å²) in [6.45, 7) is 19.8. The first kappa shape index (κ1) is 53.9. The lowest BCUT2D eigenvalue weighted by atomic mass is 9.84. The number of amides is 2. The maximum Gasteiger partial charge on any atom is 0.226 e. The van der Waals surface area contributed by atoms with Crippen LogP contribution in [-0.4, -0.2) is 86.9 Å². The number of hydrogen-bond donors (Lipinski definition) is 1. The third kappa shape index (κ3) is 13.2. The molecule has 11 atom stereocenters. The normalized spacial score (nSPS) is 33.8. The number of nitrogens with zero attached hydrogens (tertiary/aromatic N) is 2. The van der Waals surface area contributed by atoms with Crippen molar-refractivity contribution in [2.24, 2.45) is 58.2 Å². The Hall–Kier alpha value is -3.01. The van der Waals surface area contributed by atoms with Crippen LogP contribution in [0.4, 0.5) is 0 Å². The van der Waals surface area contributed by atoms with Gasteiger partial charge in [0.05, 0.1) is 12.1 Å². The first-order valence-electron chi connectivity index (χ1n) is 26.9. The largest absolute Gasteiger partial charge is 0.385 e. The van der Waals surface area contributed by atoms with Crippen LogP contribution in [-0.2, 0) is 33.6 Å². The Morgan fingerprint density at radius 1 is 0.652 bits per heavy atom. The van der Waals surface area contributed by atoms with Crippen molar-refractivity contribution in [3.63, 3.8) is 0 Å². The summed E-state index contributed by atoms with van der Waals surface area (Å²) in [4.78, 5) is 95.9. The van der Waals surface area contributed by atoms with Gasteiger partial charge < -0.3 is 14.9 Å². The van der Waals surface area contributed by atoms with Gasteiger partial charge in [-0.1, -0.05) is 151 Å². The van der Waals surface area contributed by atoms with E-state index in [1.807, 2.05) is 30.6 Å². The number of ketones is 5. The highest BCUT2D eigenvalue weighted by molar-refractivity contribution is 6.38. The van der Waals surface area contributed by atoms with Crippen LogP contribution >= 0.6 is 0 Å². The zero-order valence-electron chi connectivity index (χ0n) is 42.4. The van der Waals surface area contributed by atoms with E-state index in [0.717, 1.165) is 83.5 Å². The summed E-state index contributed by atoms with van der Waals surface area (Å²) in [5, 5.41) is 10.9. The SMILES string of the molecule is C=CCCC(=O)C(O)[C@@H]1CCCCCCCCC[C@H](C)C(=O)N2C[C@H]3[C@@H]([C@H]2C(=O)C1)C3(C)C.CCCCC(=O)C(=O)[C@@H]1CCCCCCCCC[C@H](C)C(=O)N2C[C@H]3[C@@H]([C@H]2C(=O)C1)C3(C)C. The fourth-order valence-electron chi connectivity index (χ4n) is 12.8. The van der Waals surface area contributed by atoms with Crippen LogP contribution in [0.2, 0.25) is 0 Å². The second-order valence-electron chi connectivity index (χ2n) is 23.1. The monoisotopic (exact) mass is 919 g/mol. The van der Waals surface area contributed by atoms with E-state index in [0.29, 0.717) is 50.6 Å². The predicted molar refractivity (Wildman–Crippen MR) is 260 cm³/mol. The van der Waals surface area contributed by atoms with Gasteiger partial charge in [-0.15, -0.1) is 6.58 Å². The lowest BCUT2D eigenvalue weighted by molar-refractivity contribution is -0.144. The quantitative estimate of drug-likeness (QED) is 0.168. The topological polar surface area (TPSA) is 146 Å². The second kappa shape index (κ2) is 24.5. The van der Waals surface area contributed by atoms with Crippen LogP contribution in [0, 0.1) is 58.2 Å². The molecule has 0 bridgehead atoms. The van der Waals surface area contributed by atoms with Crippen molar-refractivity contribution < 1.29 is 38.7 Å². The molecular weight excluding hydrogens is 829 g/mol. The van der Waals surface area contributed by atoms with Gasteiger partial charge in [-0.2, -0.15) is 0 Å². The molecule has 0 aromatic heterocycles. The number of piperidine rings is 2. The molecule has 6 fully saturated rings. The fourth-order valence-corrected chi connectivity index (χ4v) is 12.8. The van der Waals surface area contributed by atoms with Gasteiger partial charge in [-0.05, 0) is 78.9 Å². The standard InChI is InChI=1S/2C28H45NO4/c2*1-5-6-16-22(30)26(32)20-15-13-11-9-7-8-10-12-14-19(2)27(33)29-18-21-24(28(21,3)4)25(29)23(31)17-20/h19-21,24-25H,5-18H2,1-4H3;5,19-21,24-26,32H,1,6-18H2,2-4H3/t19-,20+,21-,24-,25+;19-,20+,21-,24-,25+,26?/m00/s1. The van der Waals surface area contributed by atoms with Crippen molar-refractivity contribution in [3.8, 4) is 0 Å². The number of carbonyl (C=O) groups excluding carboxylic acids is 7. The first-order chi connectivity index (χ1) is 31.4. The Bertz CT molecular complexity index is 1720. The Morgan fingerprint density at radius 3 is 1.53 bits per heavy atom. The Labute approximate surface area is 399 Å². The van der Waals surface area contributed by atoms with E-state index >= 15 is 0 Å². The minimum atomic E-state index is -1.11. The van der Waals surface area contributed by atoms with E-state index < -0.39 is 24.1 Å². The number of allylic oxidation sites excluding steroid dienone is 1. The molecule has 10 nitrogen and oxygen atoms in total. The molecule has 1 unspecified atom stereocenters. The zero-order chi connectivity index (χ0) is 48.3. The summed E-state index contributed by atoms with van der Waals surface area (Å²) in [5.41, 5.74) is 0.146. The summed E-state index contributed by atoms with van der Waals surface area (Å²) >= 11 is 0. The number of unbranched alkanes of at least 4 members (excludes halogenated alkanes) is 1.